The minimum atomic E-state index is -3.04. The predicted octanol–water partition coefficient (Wildman–Crippen LogP) is -1.72. The van der Waals surface area contributed by atoms with E-state index in [4.69, 9.17) is 0 Å². The van der Waals surface area contributed by atoms with Crippen LogP contribution in [-0.4, -0.2) is 28.0 Å². The van der Waals surface area contributed by atoms with Gasteiger partial charge < -0.3 is 9.50 Å². The van der Waals surface area contributed by atoms with Gasteiger partial charge in [-0.15, -0.1) is 0 Å². The van der Waals surface area contributed by atoms with Gasteiger partial charge in [-0.2, -0.15) is 8.42 Å². The third-order valence-electron chi connectivity index (χ3n) is 0.497. The molecule has 0 aliphatic carbocycles. The second-order valence-corrected chi connectivity index (χ2v) is 1.85. The third kappa shape index (κ3) is 5.25. The zero-order valence-corrected chi connectivity index (χ0v) is 5.68. The SMILES string of the molecule is CNCC(=O)O[SH](=O)=O. The zero-order chi connectivity index (χ0) is 7.28. The first-order chi connectivity index (χ1) is 4.16. The Balaban J connectivity index is 3.51. The second-order valence-electron chi connectivity index (χ2n) is 1.22. The average molecular weight is 153 g/mol. The monoisotopic (exact) mass is 153 g/mol. The first-order valence-corrected chi connectivity index (χ1v) is 3.26. The molecule has 0 aromatic heterocycles. The van der Waals surface area contributed by atoms with Gasteiger partial charge in [-0.1, -0.05) is 0 Å². The molecule has 0 amide bonds. The van der Waals surface area contributed by atoms with Crippen molar-refractivity contribution in [1.82, 2.24) is 5.32 Å². The molecular weight excluding hydrogens is 146 g/mol. The van der Waals surface area contributed by atoms with E-state index >= 15 is 0 Å². The number of thiol groups is 1. The summed E-state index contributed by atoms with van der Waals surface area (Å²) in [4.78, 5) is 10.2. The molecule has 0 bridgehead atoms. The highest BCUT2D eigenvalue weighted by molar-refractivity contribution is 7.67. The summed E-state index contributed by atoms with van der Waals surface area (Å²) < 4.78 is 23.0. The van der Waals surface area contributed by atoms with Gasteiger partial charge in [-0.3, -0.25) is 0 Å². The van der Waals surface area contributed by atoms with E-state index in [1.54, 1.807) is 0 Å². The largest absolute Gasteiger partial charge is 0.346 e. The van der Waals surface area contributed by atoms with Gasteiger partial charge in [-0.05, 0) is 7.05 Å². The standard InChI is InChI=1S/C3H7NO4S/c1-4-2-3(5)8-9(6)7/h4,9H,2H2,1H3. The van der Waals surface area contributed by atoms with Crippen LogP contribution in [0.3, 0.4) is 0 Å². The number of carbonyl (C=O) groups is 1. The Labute approximate surface area is 54.2 Å². The number of carbonyl (C=O) groups excluding carboxylic acids is 1. The van der Waals surface area contributed by atoms with Crippen molar-refractivity contribution in [3.05, 3.63) is 0 Å². The van der Waals surface area contributed by atoms with E-state index in [1.165, 1.54) is 7.05 Å². The predicted molar refractivity (Wildman–Crippen MR) is 30.3 cm³/mol. The molecule has 0 spiro atoms. The van der Waals surface area contributed by atoms with Crippen molar-refractivity contribution in [3.8, 4) is 0 Å². The Bertz CT molecular complexity index is 155. The van der Waals surface area contributed by atoms with E-state index in [-0.39, 0.29) is 6.54 Å². The molecule has 0 atom stereocenters. The van der Waals surface area contributed by atoms with E-state index in [0.717, 1.165) is 0 Å². The van der Waals surface area contributed by atoms with Gasteiger partial charge in [0.25, 0.3) is 0 Å². The molecule has 1 N–H and O–H groups in total. The summed E-state index contributed by atoms with van der Waals surface area (Å²) in [5.41, 5.74) is 0. The van der Waals surface area contributed by atoms with Crippen molar-refractivity contribution >= 4 is 17.0 Å². The van der Waals surface area contributed by atoms with Crippen LogP contribution >= 0.6 is 0 Å². The third-order valence-corrected chi connectivity index (χ3v) is 0.850. The molecular formula is C3H7NO4S. The summed E-state index contributed by atoms with van der Waals surface area (Å²) in [6.45, 7) is -0.0939. The molecule has 0 rings (SSSR count). The number of hydrogen-bond donors (Lipinski definition) is 2. The maximum atomic E-state index is 10.2. The summed E-state index contributed by atoms with van der Waals surface area (Å²) in [5.74, 6) is -0.798. The van der Waals surface area contributed by atoms with Crippen LogP contribution in [-0.2, 0) is 20.0 Å². The van der Waals surface area contributed by atoms with E-state index in [2.05, 4.69) is 9.50 Å². The highest BCUT2D eigenvalue weighted by Gasteiger charge is 1.98. The second kappa shape index (κ2) is 4.28. The van der Waals surface area contributed by atoms with E-state index in [1.807, 2.05) is 0 Å². The summed E-state index contributed by atoms with van der Waals surface area (Å²) in [6.07, 6.45) is 0. The molecule has 0 aromatic carbocycles. The first kappa shape index (κ1) is 8.38. The van der Waals surface area contributed by atoms with E-state index in [0.29, 0.717) is 0 Å². The van der Waals surface area contributed by atoms with E-state index < -0.39 is 17.0 Å². The summed E-state index contributed by atoms with van der Waals surface area (Å²) in [6, 6.07) is 0. The average Bonchev–Trinajstić information content (AvgIpc) is 1.63. The maximum absolute atomic E-state index is 10.2. The van der Waals surface area contributed by atoms with Crippen LogP contribution in [0.15, 0.2) is 0 Å². The minimum absolute atomic E-state index is 0.0939. The lowest BCUT2D eigenvalue weighted by Gasteiger charge is -1.92. The van der Waals surface area contributed by atoms with Crippen LogP contribution in [0, 0.1) is 0 Å². The summed E-state index contributed by atoms with van der Waals surface area (Å²) in [7, 11) is -1.53. The van der Waals surface area contributed by atoms with Crippen LogP contribution in [0.2, 0.25) is 0 Å². The molecule has 0 aliphatic rings. The molecule has 0 heterocycles. The Kier molecular flexibility index (Phi) is 3.98. The van der Waals surface area contributed by atoms with Gasteiger partial charge in [0, 0.05) is 0 Å². The van der Waals surface area contributed by atoms with Crippen molar-refractivity contribution in [2.75, 3.05) is 13.6 Å². The fourth-order valence-corrected chi connectivity index (χ4v) is 0.491. The van der Waals surface area contributed by atoms with Gasteiger partial charge in [0.15, 0.2) is 0 Å². The smallest absolute Gasteiger partial charge is 0.335 e. The lowest BCUT2D eigenvalue weighted by molar-refractivity contribution is -0.132. The Morgan fingerprint density at radius 2 is 2.22 bits per heavy atom. The first-order valence-electron chi connectivity index (χ1n) is 2.16. The van der Waals surface area contributed by atoms with Gasteiger partial charge in [-0.25, -0.2) is 4.79 Å². The Hall–Kier alpha value is -0.620. The molecule has 0 aromatic rings. The van der Waals surface area contributed by atoms with Gasteiger partial charge >= 0.3 is 17.0 Å². The molecule has 0 saturated carbocycles. The van der Waals surface area contributed by atoms with Crippen LogP contribution < -0.4 is 5.32 Å². The van der Waals surface area contributed by atoms with Gasteiger partial charge in [0.05, 0.1) is 6.54 Å². The highest BCUT2D eigenvalue weighted by Crippen LogP contribution is 1.73. The molecule has 0 fully saturated rings. The molecule has 0 unspecified atom stereocenters. The zero-order valence-electron chi connectivity index (χ0n) is 4.79. The summed E-state index contributed by atoms with van der Waals surface area (Å²) in [5, 5.41) is 2.43. The lowest BCUT2D eigenvalue weighted by atomic mass is 10.7. The van der Waals surface area contributed by atoms with Crippen molar-refractivity contribution in [2.45, 2.75) is 0 Å². The van der Waals surface area contributed by atoms with Crippen LogP contribution in [0.4, 0.5) is 0 Å². The Morgan fingerprint density at radius 1 is 1.67 bits per heavy atom. The molecule has 5 nitrogen and oxygen atoms in total. The minimum Gasteiger partial charge on any atom is -0.346 e. The van der Waals surface area contributed by atoms with Crippen molar-refractivity contribution in [1.29, 1.82) is 0 Å². The molecule has 0 radical (unpaired) electrons. The van der Waals surface area contributed by atoms with E-state index in [9.17, 15) is 13.2 Å². The number of hydrogen-bond acceptors (Lipinski definition) is 5. The van der Waals surface area contributed by atoms with Gasteiger partial charge in [0.1, 0.15) is 0 Å². The maximum Gasteiger partial charge on any atom is 0.335 e. The van der Waals surface area contributed by atoms with Crippen LogP contribution in [0.5, 0.6) is 0 Å². The van der Waals surface area contributed by atoms with Crippen molar-refractivity contribution in [3.63, 3.8) is 0 Å². The van der Waals surface area contributed by atoms with Crippen molar-refractivity contribution < 1.29 is 17.4 Å². The Morgan fingerprint density at radius 3 is 2.56 bits per heavy atom. The van der Waals surface area contributed by atoms with Gasteiger partial charge in [0.2, 0.25) is 0 Å². The molecule has 6 heteroatoms. The molecule has 54 valence electrons. The topological polar surface area (TPSA) is 72.5 Å². The van der Waals surface area contributed by atoms with Crippen molar-refractivity contribution in [2.24, 2.45) is 0 Å². The quantitative estimate of drug-likeness (QED) is 0.472. The molecule has 9 heavy (non-hydrogen) atoms. The fourth-order valence-electron chi connectivity index (χ4n) is 0.260. The highest BCUT2D eigenvalue weighted by atomic mass is 32.2. The molecule has 0 saturated heterocycles. The number of rotatable bonds is 3. The normalized spacial score (nSPS) is 9.56. The number of nitrogens with one attached hydrogen (secondary N) is 1. The molecule has 0 aliphatic heterocycles. The van der Waals surface area contributed by atoms with Crippen LogP contribution in [0.1, 0.15) is 0 Å². The lowest BCUT2D eigenvalue weighted by Crippen LogP contribution is -2.20. The summed E-state index contributed by atoms with van der Waals surface area (Å²) >= 11 is 0. The fraction of sp³-hybridized carbons (Fsp3) is 0.667. The number of likely N-dealkylation sites (N-methyl/N-ethyl adjacent to an activating group) is 1. The van der Waals surface area contributed by atoms with Crippen LogP contribution in [0.25, 0.3) is 0 Å².